The second-order valence-electron chi connectivity index (χ2n) is 2.32. The molecule has 0 saturated carbocycles. The van der Waals surface area contributed by atoms with Crippen molar-refractivity contribution in [1.29, 1.82) is 0 Å². The zero-order chi connectivity index (χ0) is 8.27. The van der Waals surface area contributed by atoms with Crippen molar-refractivity contribution in [3.8, 4) is 0 Å². The van der Waals surface area contributed by atoms with Crippen LogP contribution in [-0.2, 0) is 0 Å². The number of rotatable bonds is 3. The lowest BCUT2D eigenvalue weighted by Gasteiger charge is -2.07. The van der Waals surface area contributed by atoms with Crippen molar-refractivity contribution >= 4 is 35.3 Å². The molecular weight excluding hydrogens is 215 g/mol. The van der Waals surface area contributed by atoms with E-state index in [1.165, 1.54) is 0 Å². The number of hydrogen-bond donors (Lipinski definition) is 2. The van der Waals surface area contributed by atoms with E-state index < -0.39 is 0 Å². The normalized spacial score (nSPS) is 12.2. The van der Waals surface area contributed by atoms with Crippen molar-refractivity contribution in [3.05, 3.63) is 21.3 Å². The zero-order valence-corrected chi connectivity index (χ0v) is 8.88. The fourth-order valence-electron chi connectivity index (χ4n) is 0.881. The molecule has 0 fully saturated rings. The molecule has 0 bridgehead atoms. The van der Waals surface area contributed by atoms with E-state index in [4.69, 9.17) is 23.1 Å². The standard InChI is InChI=1S/C7H11ClN2S.ClH/c8-5-2-4-11-7(5)6(10)1-3-9;/h2,4,6H,1,3,9-10H2;1H/t6-;/m1./s1. The second kappa shape index (κ2) is 5.78. The van der Waals surface area contributed by atoms with Crippen LogP contribution >= 0.6 is 35.3 Å². The Kier molecular flexibility index (Phi) is 5.88. The molecule has 0 spiro atoms. The van der Waals surface area contributed by atoms with Crippen LogP contribution in [0.25, 0.3) is 0 Å². The van der Waals surface area contributed by atoms with Crippen LogP contribution in [0.4, 0.5) is 0 Å². The van der Waals surface area contributed by atoms with E-state index in [0.717, 1.165) is 16.3 Å². The summed E-state index contributed by atoms with van der Waals surface area (Å²) in [5, 5.41) is 2.70. The van der Waals surface area contributed by atoms with E-state index >= 15 is 0 Å². The summed E-state index contributed by atoms with van der Waals surface area (Å²) in [6.45, 7) is 0.607. The third kappa shape index (κ3) is 2.92. The summed E-state index contributed by atoms with van der Waals surface area (Å²) in [4.78, 5) is 1.04. The van der Waals surface area contributed by atoms with Crippen molar-refractivity contribution in [2.24, 2.45) is 11.5 Å². The number of thiophene rings is 1. The topological polar surface area (TPSA) is 52.0 Å². The Morgan fingerprint density at radius 1 is 1.58 bits per heavy atom. The van der Waals surface area contributed by atoms with Gasteiger partial charge in [0.25, 0.3) is 0 Å². The molecule has 0 aliphatic carbocycles. The first-order chi connectivity index (χ1) is 5.25. The van der Waals surface area contributed by atoms with Gasteiger partial charge in [0, 0.05) is 10.9 Å². The van der Waals surface area contributed by atoms with E-state index in [1.807, 2.05) is 11.4 Å². The molecule has 1 aromatic rings. The van der Waals surface area contributed by atoms with Gasteiger partial charge in [0.15, 0.2) is 0 Å². The quantitative estimate of drug-likeness (QED) is 0.831. The van der Waals surface area contributed by atoms with E-state index in [0.29, 0.717) is 6.54 Å². The van der Waals surface area contributed by atoms with Crippen LogP contribution in [0.5, 0.6) is 0 Å². The highest BCUT2D eigenvalue weighted by Gasteiger charge is 2.09. The molecule has 4 N–H and O–H groups in total. The first-order valence-electron chi connectivity index (χ1n) is 3.44. The molecule has 0 aromatic carbocycles. The van der Waals surface area contributed by atoms with E-state index in [-0.39, 0.29) is 18.4 Å². The molecule has 0 saturated heterocycles. The van der Waals surface area contributed by atoms with E-state index in [1.54, 1.807) is 11.3 Å². The van der Waals surface area contributed by atoms with Gasteiger partial charge in [-0.05, 0) is 24.4 Å². The van der Waals surface area contributed by atoms with Gasteiger partial charge in [-0.15, -0.1) is 23.7 Å². The summed E-state index contributed by atoms with van der Waals surface area (Å²) in [6, 6.07) is 1.87. The first kappa shape index (κ1) is 12.2. The summed E-state index contributed by atoms with van der Waals surface area (Å²) in [5.41, 5.74) is 11.2. The molecule has 0 amide bonds. The smallest absolute Gasteiger partial charge is 0.0561 e. The average molecular weight is 227 g/mol. The van der Waals surface area contributed by atoms with E-state index in [9.17, 15) is 0 Å². The predicted octanol–water partition coefficient (Wildman–Crippen LogP) is 2.17. The maximum Gasteiger partial charge on any atom is 0.0561 e. The SMILES string of the molecule is Cl.NCC[C@@H](N)c1sccc1Cl. The summed E-state index contributed by atoms with van der Waals surface area (Å²) in [5.74, 6) is 0. The molecule has 0 radical (unpaired) electrons. The minimum absolute atomic E-state index is 0. The molecule has 0 aliphatic rings. The minimum atomic E-state index is 0. The Morgan fingerprint density at radius 2 is 2.25 bits per heavy atom. The van der Waals surface area contributed by atoms with Crippen LogP contribution in [0.3, 0.4) is 0 Å². The third-order valence-electron chi connectivity index (χ3n) is 1.46. The van der Waals surface area contributed by atoms with Gasteiger partial charge in [0.05, 0.1) is 5.02 Å². The Bertz CT molecular complexity index is 227. The third-order valence-corrected chi connectivity index (χ3v) is 2.95. The lowest BCUT2D eigenvalue weighted by molar-refractivity contribution is 0.672. The molecule has 0 aliphatic heterocycles. The van der Waals surface area contributed by atoms with Crippen molar-refractivity contribution in [2.75, 3.05) is 6.54 Å². The first-order valence-corrected chi connectivity index (χ1v) is 4.70. The Morgan fingerprint density at radius 3 is 2.67 bits per heavy atom. The summed E-state index contributed by atoms with van der Waals surface area (Å²) in [6.07, 6.45) is 0.792. The van der Waals surface area contributed by atoms with Crippen molar-refractivity contribution < 1.29 is 0 Å². The summed E-state index contributed by atoms with van der Waals surface area (Å²) in [7, 11) is 0. The molecule has 1 rings (SSSR count). The van der Waals surface area contributed by atoms with Crippen molar-refractivity contribution in [3.63, 3.8) is 0 Å². The van der Waals surface area contributed by atoms with Gasteiger partial charge in [-0.2, -0.15) is 0 Å². The van der Waals surface area contributed by atoms with Crippen LogP contribution < -0.4 is 11.5 Å². The van der Waals surface area contributed by atoms with Crippen molar-refractivity contribution in [2.45, 2.75) is 12.5 Å². The predicted molar refractivity (Wildman–Crippen MR) is 57.2 cm³/mol. The molecular formula is C7H12Cl2N2S. The molecule has 0 unspecified atom stereocenters. The lowest BCUT2D eigenvalue weighted by Crippen LogP contribution is -2.14. The van der Waals surface area contributed by atoms with Gasteiger partial charge in [-0.1, -0.05) is 11.6 Å². The summed E-state index contributed by atoms with van der Waals surface area (Å²) >= 11 is 7.45. The van der Waals surface area contributed by atoms with Crippen LogP contribution in [0.2, 0.25) is 5.02 Å². The fourth-order valence-corrected chi connectivity index (χ4v) is 2.12. The molecule has 5 heteroatoms. The Balaban J connectivity index is 0.00000121. The van der Waals surface area contributed by atoms with Crippen molar-refractivity contribution in [1.82, 2.24) is 0 Å². The highest BCUT2D eigenvalue weighted by molar-refractivity contribution is 7.10. The lowest BCUT2D eigenvalue weighted by atomic mass is 10.2. The van der Waals surface area contributed by atoms with Gasteiger partial charge in [-0.3, -0.25) is 0 Å². The molecule has 1 heterocycles. The number of halogens is 2. The highest BCUT2D eigenvalue weighted by Crippen LogP contribution is 2.28. The molecule has 1 atom stereocenters. The van der Waals surface area contributed by atoms with Crippen LogP contribution in [0, 0.1) is 0 Å². The maximum atomic E-state index is 5.86. The van der Waals surface area contributed by atoms with Gasteiger partial charge < -0.3 is 11.5 Å². The zero-order valence-electron chi connectivity index (χ0n) is 6.50. The van der Waals surface area contributed by atoms with Gasteiger partial charge >= 0.3 is 0 Å². The summed E-state index contributed by atoms with van der Waals surface area (Å²) < 4.78 is 0. The Labute approximate surface area is 87.3 Å². The Hall–Kier alpha value is 0.200. The molecule has 1 aromatic heterocycles. The fraction of sp³-hybridized carbons (Fsp3) is 0.429. The van der Waals surface area contributed by atoms with Crippen LogP contribution in [0.1, 0.15) is 17.3 Å². The van der Waals surface area contributed by atoms with Gasteiger partial charge in [-0.25, -0.2) is 0 Å². The second-order valence-corrected chi connectivity index (χ2v) is 3.67. The largest absolute Gasteiger partial charge is 0.330 e. The van der Waals surface area contributed by atoms with Gasteiger partial charge in [0.1, 0.15) is 0 Å². The van der Waals surface area contributed by atoms with Crippen LogP contribution in [0.15, 0.2) is 11.4 Å². The molecule has 70 valence electrons. The highest BCUT2D eigenvalue weighted by atomic mass is 35.5. The number of hydrogen-bond acceptors (Lipinski definition) is 3. The average Bonchev–Trinajstić information content (AvgIpc) is 2.36. The minimum Gasteiger partial charge on any atom is -0.330 e. The molecule has 12 heavy (non-hydrogen) atoms. The maximum absolute atomic E-state index is 5.86. The number of nitrogens with two attached hydrogens (primary N) is 2. The van der Waals surface area contributed by atoms with Gasteiger partial charge in [0.2, 0.25) is 0 Å². The van der Waals surface area contributed by atoms with E-state index in [2.05, 4.69) is 0 Å². The van der Waals surface area contributed by atoms with Crippen LogP contribution in [-0.4, -0.2) is 6.54 Å². The molecule has 2 nitrogen and oxygen atoms in total. The monoisotopic (exact) mass is 226 g/mol.